The number of unbranched alkanes of at least 4 members (excludes halogenated alkanes) is 3. The van der Waals surface area contributed by atoms with Crippen molar-refractivity contribution < 1.29 is 59.5 Å². The summed E-state index contributed by atoms with van der Waals surface area (Å²) >= 11 is 0. The lowest BCUT2D eigenvalue weighted by Gasteiger charge is -2.36. The zero-order chi connectivity index (χ0) is 27.0. The molecule has 210 valence electrons. The van der Waals surface area contributed by atoms with Gasteiger partial charge in [0.2, 0.25) is 0 Å². The monoisotopic (exact) mass is 516 g/mol. The van der Waals surface area contributed by atoms with Crippen LogP contribution in [0.2, 0.25) is 0 Å². The van der Waals surface area contributed by atoms with Crippen molar-refractivity contribution in [3.8, 4) is 0 Å². The number of rotatable bonds is 21. The Bertz CT molecular complexity index is 448. The van der Waals surface area contributed by atoms with Crippen LogP contribution in [0.4, 0.5) is 4.79 Å². The molecule has 0 saturated carbocycles. The van der Waals surface area contributed by atoms with Crippen molar-refractivity contribution in [2.75, 3.05) is 66.0 Å². The van der Waals surface area contributed by atoms with Crippen LogP contribution in [-0.2, 0) is 19.0 Å². The van der Waals surface area contributed by atoms with Gasteiger partial charge in [-0.2, -0.15) is 0 Å². The molecule has 0 rings (SSSR count). The van der Waals surface area contributed by atoms with Crippen molar-refractivity contribution in [1.82, 2.24) is 10.6 Å². The molecule has 0 radical (unpaired) electrons. The SMILES string of the molecule is CCCCCCNC(=O)NC(COC(CO)CO)(COC(CO)CO)COC(CO)CO.O=CO. The summed E-state index contributed by atoms with van der Waals surface area (Å²) in [5.41, 5.74) is -1.39. The molecule has 0 saturated heterocycles. The van der Waals surface area contributed by atoms with Crippen LogP contribution < -0.4 is 10.6 Å². The van der Waals surface area contributed by atoms with E-state index in [1.807, 2.05) is 0 Å². The van der Waals surface area contributed by atoms with E-state index in [1.165, 1.54) is 0 Å². The Kier molecular flexibility index (Phi) is 24.5. The number of ether oxygens (including phenoxy) is 3. The lowest BCUT2D eigenvalue weighted by molar-refractivity contribution is -0.122. The van der Waals surface area contributed by atoms with Gasteiger partial charge in [-0.25, -0.2) is 4.79 Å². The summed E-state index contributed by atoms with van der Waals surface area (Å²) in [5, 5.41) is 68.1. The molecule has 0 aliphatic heterocycles. The fourth-order valence-corrected chi connectivity index (χ4v) is 2.59. The third-order valence-electron chi connectivity index (χ3n) is 4.70. The standard InChI is InChI=1S/C20H42N2O10.CH2O2/c1-2-3-4-5-6-21-19(29)22-20(13-30-16(7-23)8-24,14-31-17(9-25)10-26)15-32-18(11-27)12-28;2-1-3/h16-18,23-28H,2-15H2,1H3,(H2,21,22,29);1H,(H,2,3). The van der Waals surface area contributed by atoms with E-state index in [0.717, 1.165) is 25.7 Å². The van der Waals surface area contributed by atoms with Gasteiger partial charge in [-0.1, -0.05) is 26.2 Å². The normalized spacial score (nSPS) is 11.5. The topological polar surface area (TPSA) is 227 Å². The summed E-state index contributed by atoms with van der Waals surface area (Å²) in [7, 11) is 0. The number of carboxylic acid groups (broad SMARTS) is 1. The molecule has 0 atom stereocenters. The molecule has 14 heteroatoms. The summed E-state index contributed by atoms with van der Waals surface area (Å²) in [6.45, 7) is -1.35. The van der Waals surface area contributed by atoms with Crippen LogP contribution >= 0.6 is 0 Å². The minimum Gasteiger partial charge on any atom is -0.483 e. The lowest BCUT2D eigenvalue weighted by Crippen LogP contribution is -2.62. The number of amides is 2. The van der Waals surface area contributed by atoms with Crippen LogP contribution in [0.15, 0.2) is 0 Å². The molecule has 35 heavy (non-hydrogen) atoms. The van der Waals surface area contributed by atoms with E-state index in [4.69, 9.17) is 24.1 Å². The highest BCUT2D eigenvalue weighted by Gasteiger charge is 2.36. The first-order chi connectivity index (χ1) is 16.8. The van der Waals surface area contributed by atoms with Gasteiger partial charge in [0.05, 0.1) is 59.5 Å². The Morgan fingerprint density at radius 3 is 1.46 bits per heavy atom. The minimum atomic E-state index is -1.39. The third-order valence-corrected chi connectivity index (χ3v) is 4.70. The Labute approximate surface area is 205 Å². The van der Waals surface area contributed by atoms with E-state index in [2.05, 4.69) is 17.6 Å². The van der Waals surface area contributed by atoms with E-state index >= 15 is 0 Å². The third kappa shape index (κ3) is 18.3. The zero-order valence-corrected chi connectivity index (χ0v) is 20.4. The largest absolute Gasteiger partial charge is 0.483 e. The number of hydrogen-bond acceptors (Lipinski definition) is 11. The van der Waals surface area contributed by atoms with Gasteiger partial charge in [0, 0.05) is 6.54 Å². The molecule has 0 aliphatic rings. The van der Waals surface area contributed by atoms with Crippen LogP contribution in [0.3, 0.4) is 0 Å². The van der Waals surface area contributed by atoms with Crippen molar-refractivity contribution in [1.29, 1.82) is 0 Å². The molecule has 14 nitrogen and oxygen atoms in total. The van der Waals surface area contributed by atoms with Crippen LogP contribution in [-0.4, -0.2) is 138 Å². The van der Waals surface area contributed by atoms with Gasteiger partial charge in [0.15, 0.2) is 0 Å². The van der Waals surface area contributed by atoms with Crippen molar-refractivity contribution in [2.24, 2.45) is 0 Å². The highest BCUT2D eigenvalue weighted by Crippen LogP contribution is 2.13. The van der Waals surface area contributed by atoms with Crippen LogP contribution in [0.1, 0.15) is 32.6 Å². The summed E-state index contributed by atoms with van der Waals surface area (Å²) in [6.07, 6.45) is 1.10. The van der Waals surface area contributed by atoms with Crippen molar-refractivity contribution in [3.05, 3.63) is 0 Å². The molecule has 0 spiro atoms. The quantitative estimate of drug-likeness (QED) is 0.0566. The number of nitrogens with one attached hydrogen (secondary N) is 2. The van der Waals surface area contributed by atoms with Gasteiger partial charge < -0.3 is 60.6 Å². The van der Waals surface area contributed by atoms with Crippen LogP contribution in [0.25, 0.3) is 0 Å². The maximum absolute atomic E-state index is 12.6. The van der Waals surface area contributed by atoms with E-state index in [0.29, 0.717) is 6.54 Å². The number of aliphatic hydroxyl groups is 6. The van der Waals surface area contributed by atoms with Gasteiger partial charge in [-0.15, -0.1) is 0 Å². The van der Waals surface area contributed by atoms with Gasteiger partial charge in [0.25, 0.3) is 6.47 Å². The van der Waals surface area contributed by atoms with Gasteiger partial charge in [-0.3, -0.25) is 4.79 Å². The fraction of sp³-hybridized carbons (Fsp3) is 0.905. The average molecular weight is 517 g/mol. The van der Waals surface area contributed by atoms with Crippen molar-refractivity contribution in [3.63, 3.8) is 0 Å². The molecule has 0 aliphatic carbocycles. The molecular weight excluding hydrogens is 472 g/mol. The first-order valence-corrected chi connectivity index (χ1v) is 11.5. The highest BCUT2D eigenvalue weighted by atomic mass is 16.5. The summed E-state index contributed by atoms with van der Waals surface area (Å²) in [6, 6.07) is -0.545. The number of aliphatic hydroxyl groups excluding tert-OH is 6. The van der Waals surface area contributed by atoms with E-state index in [9.17, 15) is 35.4 Å². The molecule has 0 aromatic heterocycles. The number of urea groups is 1. The van der Waals surface area contributed by atoms with Gasteiger partial charge >= 0.3 is 6.03 Å². The predicted octanol–water partition coefficient (Wildman–Crippen LogP) is -2.59. The molecule has 0 bridgehead atoms. The molecule has 2 amide bonds. The minimum absolute atomic E-state index is 0.250. The molecule has 0 aromatic rings. The number of carbonyl (C=O) groups is 2. The molecule has 9 N–H and O–H groups in total. The molecule has 0 heterocycles. The van der Waals surface area contributed by atoms with Crippen LogP contribution in [0, 0.1) is 0 Å². The number of hydrogen-bond donors (Lipinski definition) is 9. The Morgan fingerprint density at radius 1 is 0.771 bits per heavy atom. The second-order valence-electron chi connectivity index (χ2n) is 7.72. The predicted molar refractivity (Wildman–Crippen MR) is 124 cm³/mol. The van der Waals surface area contributed by atoms with E-state index in [1.54, 1.807) is 0 Å². The maximum Gasteiger partial charge on any atom is 0.315 e. The molecular formula is C21H44N2O12. The van der Waals surface area contributed by atoms with Crippen molar-refractivity contribution in [2.45, 2.75) is 56.5 Å². The summed E-state index contributed by atoms with van der Waals surface area (Å²) in [4.78, 5) is 20.9. The Morgan fingerprint density at radius 2 is 1.14 bits per heavy atom. The van der Waals surface area contributed by atoms with Crippen LogP contribution in [0.5, 0.6) is 0 Å². The first-order valence-electron chi connectivity index (χ1n) is 11.5. The maximum atomic E-state index is 12.6. The smallest absolute Gasteiger partial charge is 0.315 e. The summed E-state index contributed by atoms with van der Waals surface area (Å²) in [5.74, 6) is 0. The van der Waals surface area contributed by atoms with E-state index in [-0.39, 0.29) is 26.3 Å². The molecule has 0 unspecified atom stereocenters. The molecule has 0 aromatic carbocycles. The zero-order valence-electron chi connectivity index (χ0n) is 20.4. The fourth-order valence-electron chi connectivity index (χ4n) is 2.59. The van der Waals surface area contributed by atoms with E-state index < -0.39 is 69.5 Å². The summed E-state index contributed by atoms with van der Waals surface area (Å²) < 4.78 is 16.5. The van der Waals surface area contributed by atoms with Gasteiger partial charge in [0.1, 0.15) is 23.9 Å². The number of carbonyl (C=O) groups excluding carboxylic acids is 1. The first kappa shape index (κ1) is 35.5. The second-order valence-corrected chi connectivity index (χ2v) is 7.72. The second kappa shape index (κ2) is 24.1. The Hall–Kier alpha value is -1.62. The average Bonchev–Trinajstić information content (AvgIpc) is 2.86. The Balaban J connectivity index is 0. The van der Waals surface area contributed by atoms with Crippen molar-refractivity contribution >= 4 is 12.5 Å². The molecule has 0 fully saturated rings. The lowest BCUT2D eigenvalue weighted by atomic mass is 10.0. The van der Waals surface area contributed by atoms with Gasteiger partial charge in [-0.05, 0) is 6.42 Å². The highest BCUT2D eigenvalue weighted by molar-refractivity contribution is 5.74.